The molecule has 0 aliphatic carbocycles. The zero-order chi connectivity index (χ0) is 17.4. The van der Waals surface area contributed by atoms with Crippen LogP contribution in [0, 0.1) is 23.7 Å². The molecule has 3 nitrogen and oxygen atoms in total. The van der Waals surface area contributed by atoms with Crippen molar-refractivity contribution in [1.29, 1.82) is 0 Å². The van der Waals surface area contributed by atoms with Gasteiger partial charge in [0.15, 0.2) is 13.3 Å². The molecule has 3 aliphatic heterocycles. The van der Waals surface area contributed by atoms with E-state index in [0.717, 1.165) is 24.1 Å². The highest BCUT2D eigenvalue weighted by Gasteiger charge is 2.42. The first-order valence-electron chi connectivity index (χ1n) is 9.05. The van der Waals surface area contributed by atoms with Gasteiger partial charge in [-0.3, -0.25) is 4.90 Å². The van der Waals surface area contributed by atoms with Crippen molar-refractivity contribution in [2.75, 3.05) is 19.7 Å². The lowest BCUT2D eigenvalue weighted by molar-refractivity contribution is -0.00120. The van der Waals surface area contributed by atoms with E-state index in [9.17, 15) is 0 Å². The molecule has 3 aliphatic rings. The molecule has 4 atom stereocenters. The van der Waals surface area contributed by atoms with Gasteiger partial charge in [-0.15, -0.1) is 11.3 Å². The van der Waals surface area contributed by atoms with Gasteiger partial charge in [-0.1, -0.05) is 26.7 Å². The van der Waals surface area contributed by atoms with Gasteiger partial charge >= 0.3 is 0 Å². The molecule has 4 rings (SSSR count). The molecule has 3 fully saturated rings. The molecule has 0 radical (unpaired) electrons. The van der Waals surface area contributed by atoms with Crippen LogP contribution in [-0.2, 0) is 4.43 Å². The Labute approximate surface area is 151 Å². The Morgan fingerprint density at radius 2 is 2.21 bits per heavy atom. The van der Waals surface area contributed by atoms with E-state index in [-0.39, 0.29) is 5.04 Å². The Morgan fingerprint density at radius 3 is 2.79 bits per heavy atom. The molecule has 0 saturated carbocycles. The third-order valence-electron chi connectivity index (χ3n) is 6.12. The minimum absolute atomic E-state index is 0.289. The fourth-order valence-corrected chi connectivity index (χ4v) is 4.97. The average Bonchev–Trinajstić information content (AvgIpc) is 3.04. The Hall–Kier alpha value is -0.673. The maximum Gasteiger partial charge on any atom is 0.192 e. The van der Waals surface area contributed by atoms with Gasteiger partial charge in [-0.2, -0.15) is 0 Å². The summed E-state index contributed by atoms with van der Waals surface area (Å²) in [6.07, 6.45) is 4.36. The number of piperidine rings is 3. The highest BCUT2D eigenvalue weighted by atomic mass is 32.1. The summed E-state index contributed by atoms with van der Waals surface area (Å²) in [7, 11) is -1.65. The van der Waals surface area contributed by atoms with E-state index in [2.05, 4.69) is 55.6 Å². The van der Waals surface area contributed by atoms with Gasteiger partial charge in [0.25, 0.3) is 0 Å². The van der Waals surface area contributed by atoms with E-state index in [1.165, 1.54) is 19.4 Å². The van der Waals surface area contributed by atoms with Crippen LogP contribution < -0.4 is 0 Å². The number of aromatic nitrogens is 1. The van der Waals surface area contributed by atoms with Gasteiger partial charge in [0.1, 0.15) is 0 Å². The standard InChI is InChI=1S/C19H30N2OSSi/c1-19(2,3)24(4,5)22-14-17-12-15-8-10-21(17)13-16(15)6-7-18-20-9-11-23-18/h9,11,15-17H,8,10,12-14H2,1-5H3/t15-,16-,17+/m0/s1. The third kappa shape index (κ3) is 3.93. The van der Waals surface area contributed by atoms with Crippen LogP contribution >= 0.6 is 11.3 Å². The second-order valence-corrected chi connectivity index (χ2v) is 14.4. The number of fused-ring (bicyclic) bond motifs is 3. The summed E-state index contributed by atoms with van der Waals surface area (Å²) in [5, 5.41) is 3.23. The average molecular weight is 363 g/mol. The molecule has 132 valence electrons. The van der Waals surface area contributed by atoms with Crippen LogP contribution in [0.25, 0.3) is 0 Å². The minimum Gasteiger partial charge on any atom is -0.415 e. The summed E-state index contributed by atoms with van der Waals surface area (Å²) in [4.78, 5) is 6.89. The lowest BCUT2D eigenvalue weighted by Crippen LogP contribution is -2.56. The molecule has 1 unspecified atom stereocenters. The van der Waals surface area contributed by atoms with Crippen molar-refractivity contribution in [3.05, 3.63) is 16.6 Å². The van der Waals surface area contributed by atoms with Gasteiger partial charge in [0.05, 0.1) is 0 Å². The van der Waals surface area contributed by atoms with E-state index < -0.39 is 8.32 Å². The highest BCUT2D eigenvalue weighted by Crippen LogP contribution is 2.39. The molecule has 1 aromatic heterocycles. The Bertz CT molecular complexity index is 612. The van der Waals surface area contributed by atoms with Crippen molar-refractivity contribution in [2.45, 2.75) is 57.8 Å². The first-order chi connectivity index (χ1) is 11.3. The normalized spacial score (nSPS) is 30.0. The van der Waals surface area contributed by atoms with Crippen LogP contribution in [0.3, 0.4) is 0 Å². The van der Waals surface area contributed by atoms with Gasteiger partial charge in [0, 0.05) is 36.7 Å². The molecule has 5 heteroatoms. The fourth-order valence-electron chi connectivity index (χ4n) is 3.44. The lowest BCUT2D eigenvalue weighted by Gasteiger charge is -2.49. The van der Waals surface area contributed by atoms with Crippen molar-refractivity contribution in [3.63, 3.8) is 0 Å². The van der Waals surface area contributed by atoms with E-state index in [1.54, 1.807) is 11.3 Å². The maximum absolute atomic E-state index is 6.49. The van der Waals surface area contributed by atoms with Crippen LogP contribution in [0.4, 0.5) is 0 Å². The molecule has 0 aromatic carbocycles. The molecular weight excluding hydrogens is 332 g/mol. The molecule has 2 bridgehead atoms. The molecule has 3 saturated heterocycles. The molecule has 0 spiro atoms. The van der Waals surface area contributed by atoms with E-state index in [4.69, 9.17) is 4.43 Å². The summed E-state index contributed by atoms with van der Waals surface area (Å²) >= 11 is 1.63. The zero-order valence-corrected chi connectivity index (χ0v) is 17.4. The summed E-state index contributed by atoms with van der Waals surface area (Å²) in [5.74, 6) is 8.01. The predicted molar refractivity (Wildman–Crippen MR) is 104 cm³/mol. The summed E-state index contributed by atoms with van der Waals surface area (Å²) in [6.45, 7) is 14.9. The summed E-state index contributed by atoms with van der Waals surface area (Å²) in [6, 6.07) is 0.593. The number of thiazole rings is 1. The molecule has 1 aromatic rings. The van der Waals surface area contributed by atoms with Crippen molar-refractivity contribution in [1.82, 2.24) is 9.88 Å². The predicted octanol–water partition coefficient (Wildman–Crippen LogP) is 4.23. The van der Waals surface area contributed by atoms with Crippen LogP contribution in [-0.4, -0.2) is 43.9 Å². The monoisotopic (exact) mass is 362 g/mol. The first kappa shape index (κ1) is 18.1. The minimum atomic E-state index is -1.65. The number of rotatable bonds is 3. The summed E-state index contributed by atoms with van der Waals surface area (Å²) < 4.78 is 6.49. The number of nitrogens with zero attached hydrogens (tertiary/aromatic N) is 2. The smallest absolute Gasteiger partial charge is 0.192 e. The Morgan fingerprint density at radius 1 is 1.42 bits per heavy atom. The molecule has 4 heterocycles. The lowest BCUT2D eigenvalue weighted by atomic mass is 9.76. The van der Waals surface area contributed by atoms with Gasteiger partial charge in [0.2, 0.25) is 0 Å². The third-order valence-corrected chi connectivity index (χ3v) is 11.3. The highest BCUT2D eigenvalue weighted by molar-refractivity contribution is 7.10. The largest absolute Gasteiger partial charge is 0.415 e. The van der Waals surface area contributed by atoms with Crippen LogP contribution in [0.15, 0.2) is 11.6 Å². The zero-order valence-electron chi connectivity index (χ0n) is 15.6. The fraction of sp³-hybridized carbons (Fsp3) is 0.737. The van der Waals surface area contributed by atoms with Crippen LogP contribution in [0.2, 0.25) is 18.1 Å². The van der Waals surface area contributed by atoms with E-state index >= 15 is 0 Å². The van der Waals surface area contributed by atoms with Crippen molar-refractivity contribution >= 4 is 19.7 Å². The number of hydrogen-bond acceptors (Lipinski definition) is 4. The quantitative estimate of drug-likeness (QED) is 0.594. The molecule has 0 amide bonds. The van der Waals surface area contributed by atoms with Gasteiger partial charge in [-0.05, 0) is 49.4 Å². The molecule has 24 heavy (non-hydrogen) atoms. The van der Waals surface area contributed by atoms with Crippen molar-refractivity contribution < 1.29 is 4.43 Å². The van der Waals surface area contributed by atoms with Crippen molar-refractivity contribution in [2.24, 2.45) is 11.8 Å². The van der Waals surface area contributed by atoms with Crippen LogP contribution in [0.5, 0.6) is 0 Å². The van der Waals surface area contributed by atoms with E-state index in [1.807, 2.05) is 11.6 Å². The topological polar surface area (TPSA) is 25.4 Å². The van der Waals surface area contributed by atoms with Crippen molar-refractivity contribution in [3.8, 4) is 11.8 Å². The van der Waals surface area contributed by atoms with E-state index in [0.29, 0.717) is 12.0 Å². The second-order valence-electron chi connectivity index (χ2n) is 8.72. The number of hydrogen-bond donors (Lipinski definition) is 0. The SMILES string of the molecule is CC(C)(C)[Si](C)(C)OC[C@H]1C[C@@H]2CCN1C[C@@H]2C#Cc1nccs1. The molecule has 0 N–H and O–H groups in total. The van der Waals surface area contributed by atoms with Gasteiger partial charge < -0.3 is 4.43 Å². The van der Waals surface area contributed by atoms with Crippen LogP contribution in [0.1, 0.15) is 38.6 Å². The maximum atomic E-state index is 6.49. The van der Waals surface area contributed by atoms with Gasteiger partial charge in [-0.25, -0.2) is 4.98 Å². The Kier molecular flexibility index (Phi) is 5.22. The Balaban J connectivity index is 1.58. The molecular formula is C19H30N2OSSi. The first-order valence-corrected chi connectivity index (χ1v) is 12.8. The summed E-state index contributed by atoms with van der Waals surface area (Å²) in [5.41, 5.74) is 0. The second kappa shape index (κ2) is 6.91.